The van der Waals surface area contributed by atoms with Crippen molar-refractivity contribution < 1.29 is 14.3 Å². The highest BCUT2D eigenvalue weighted by Gasteiger charge is 2.17. The van der Waals surface area contributed by atoms with Crippen LogP contribution in [-0.2, 0) is 11.2 Å². The first-order valence-corrected chi connectivity index (χ1v) is 11.3. The van der Waals surface area contributed by atoms with Crippen LogP contribution >= 0.6 is 11.3 Å². The largest absolute Gasteiger partial charge is 0.486 e. The zero-order chi connectivity index (χ0) is 22.6. The summed E-state index contributed by atoms with van der Waals surface area (Å²) in [6.45, 7) is 2.95. The van der Waals surface area contributed by atoms with E-state index < -0.39 is 0 Å². The summed E-state index contributed by atoms with van der Waals surface area (Å²) in [6, 6.07) is 15.5. The first-order chi connectivity index (χ1) is 16.2. The second-order valence-corrected chi connectivity index (χ2v) is 8.46. The fourth-order valence-electron chi connectivity index (χ4n) is 3.48. The van der Waals surface area contributed by atoms with Gasteiger partial charge in [-0.3, -0.25) is 4.79 Å². The molecular formula is C24H21N5O3S. The van der Waals surface area contributed by atoms with E-state index in [4.69, 9.17) is 14.6 Å². The van der Waals surface area contributed by atoms with Crippen molar-refractivity contribution in [2.24, 2.45) is 5.10 Å². The predicted octanol–water partition coefficient (Wildman–Crippen LogP) is 3.77. The van der Waals surface area contributed by atoms with Crippen LogP contribution in [0, 0.1) is 6.92 Å². The molecule has 1 aliphatic rings. The normalized spacial score (nSPS) is 12.8. The maximum absolute atomic E-state index is 12.2. The van der Waals surface area contributed by atoms with Crippen LogP contribution in [0.1, 0.15) is 16.3 Å². The number of hydrogen-bond donors (Lipinski definition) is 1. The number of hydrazone groups is 1. The fourth-order valence-corrected chi connectivity index (χ4v) is 4.09. The summed E-state index contributed by atoms with van der Waals surface area (Å²) in [7, 11) is 0. The Bertz CT molecular complexity index is 1310. The lowest BCUT2D eigenvalue weighted by atomic mass is 10.1. The summed E-state index contributed by atoms with van der Waals surface area (Å²) < 4.78 is 13.1. The quantitative estimate of drug-likeness (QED) is 0.350. The lowest BCUT2D eigenvalue weighted by Crippen LogP contribution is -2.19. The highest BCUT2D eigenvalue weighted by Crippen LogP contribution is 2.35. The Balaban J connectivity index is 1.42. The first kappa shape index (κ1) is 20.9. The van der Waals surface area contributed by atoms with Gasteiger partial charge in [-0.1, -0.05) is 18.2 Å². The van der Waals surface area contributed by atoms with Crippen molar-refractivity contribution in [2.45, 2.75) is 13.3 Å². The van der Waals surface area contributed by atoms with Gasteiger partial charge in [-0.05, 0) is 37.3 Å². The van der Waals surface area contributed by atoms with Crippen molar-refractivity contribution in [3.8, 4) is 28.4 Å². The van der Waals surface area contributed by atoms with Crippen molar-refractivity contribution in [2.75, 3.05) is 13.2 Å². The number of fused-ring (bicyclic) bond motifs is 1. The second kappa shape index (κ2) is 9.25. The summed E-state index contributed by atoms with van der Waals surface area (Å²) in [5.74, 6) is 1.17. The number of carbonyl (C=O) groups excluding carboxylic acids is 1. The molecule has 0 unspecified atom stereocenters. The van der Waals surface area contributed by atoms with Gasteiger partial charge in [-0.25, -0.2) is 15.1 Å². The summed E-state index contributed by atoms with van der Waals surface area (Å²) in [4.78, 5) is 16.6. The minimum atomic E-state index is -0.229. The lowest BCUT2D eigenvalue weighted by molar-refractivity contribution is -0.120. The Hall–Kier alpha value is -3.98. The maximum Gasteiger partial charge on any atom is 0.246 e. The first-order valence-electron chi connectivity index (χ1n) is 10.4. The molecule has 5 rings (SSSR count). The number of thiazole rings is 1. The topological polar surface area (TPSA) is 90.6 Å². The molecule has 0 spiro atoms. The number of aryl methyl sites for hydroxylation is 1. The van der Waals surface area contributed by atoms with E-state index in [9.17, 15) is 4.79 Å². The molecule has 166 valence electrons. The average Bonchev–Trinajstić information content (AvgIpc) is 3.45. The van der Waals surface area contributed by atoms with Crippen molar-refractivity contribution in [1.29, 1.82) is 0 Å². The van der Waals surface area contributed by atoms with Gasteiger partial charge in [0, 0.05) is 22.7 Å². The Labute approximate surface area is 194 Å². The Morgan fingerprint density at radius 3 is 2.79 bits per heavy atom. The third-order valence-electron chi connectivity index (χ3n) is 4.98. The van der Waals surface area contributed by atoms with E-state index in [0.717, 1.165) is 27.5 Å². The molecule has 1 aliphatic heterocycles. The standard InChI is InChI=1S/C24H21N5O3S/c1-16-26-19(15-33-16)12-23(30)27-25-13-18-14-29(20-5-3-2-4-6-20)28-24(18)17-7-8-21-22(11-17)32-10-9-31-21/h2-8,11,13-15H,9-10,12H2,1H3,(H,27,30). The van der Waals surface area contributed by atoms with E-state index in [1.54, 1.807) is 10.9 Å². The molecule has 2 aromatic heterocycles. The number of nitrogens with one attached hydrogen (secondary N) is 1. The molecule has 33 heavy (non-hydrogen) atoms. The van der Waals surface area contributed by atoms with Gasteiger partial charge < -0.3 is 9.47 Å². The molecule has 0 atom stereocenters. The van der Waals surface area contributed by atoms with E-state index in [1.807, 2.05) is 67.0 Å². The summed E-state index contributed by atoms with van der Waals surface area (Å²) in [6.07, 6.45) is 3.66. The Morgan fingerprint density at radius 1 is 1.18 bits per heavy atom. The number of rotatable bonds is 6. The smallest absolute Gasteiger partial charge is 0.246 e. The van der Waals surface area contributed by atoms with Crippen LogP contribution in [0.2, 0.25) is 0 Å². The lowest BCUT2D eigenvalue weighted by Gasteiger charge is -2.18. The van der Waals surface area contributed by atoms with Crippen molar-refractivity contribution in [3.63, 3.8) is 0 Å². The van der Waals surface area contributed by atoms with Crippen LogP contribution in [0.4, 0.5) is 0 Å². The number of benzene rings is 2. The molecule has 1 amide bonds. The number of amides is 1. The molecule has 2 aromatic carbocycles. The van der Waals surface area contributed by atoms with Crippen molar-refractivity contribution >= 4 is 23.5 Å². The highest BCUT2D eigenvalue weighted by molar-refractivity contribution is 7.09. The third kappa shape index (κ3) is 4.78. The zero-order valence-electron chi connectivity index (χ0n) is 17.9. The Morgan fingerprint density at radius 2 is 2.00 bits per heavy atom. The van der Waals surface area contributed by atoms with Gasteiger partial charge in [-0.15, -0.1) is 11.3 Å². The average molecular weight is 460 g/mol. The molecule has 0 radical (unpaired) electrons. The van der Waals surface area contributed by atoms with Crippen LogP contribution < -0.4 is 14.9 Å². The van der Waals surface area contributed by atoms with E-state index in [-0.39, 0.29) is 12.3 Å². The number of para-hydroxylation sites is 1. The van der Waals surface area contributed by atoms with Gasteiger partial charge in [0.25, 0.3) is 0 Å². The molecule has 8 nitrogen and oxygen atoms in total. The number of carbonyl (C=O) groups is 1. The van der Waals surface area contributed by atoms with Crippen molar-refractivity contribution in [3.05, 3.63) is 76.4 Å². The molecule has 0 saturated heterocycles. The van der Waals surface area contributed by atoms with Crippen LogP contribution in [0.3, 0.4) is 0 Å². The van der Waals surface area contributed by atoms with Crippen LogP contribution in [0.25, 0.3) is 16.9 Å². The van der Waals surface area contributed by atoms with E-state index in [0.29, 0.717) is 30.4 Å². The SMILES string of the molecule is Cc1nc(CC(=O)NN=Cc2cn(-c3ccccc3)nc2-c2ccc3c(c2)OCCO3)cs1. The summed E-state index contributed by atoms with van der Waals surface area (Å²) >= 11 is 1.52. The minimum Gasteiger partial charge on any atom is -0.486 e. The summed E-state index contributed by atoms with van der Waals surface area (Å²) in [5.41, 5.74) is 6.55. The molecule has 9 heteroatoms. The Kier molecular flexibility index (Phi) is 5.86. The minimum absolute atomic E-state index is 0.181. The fraction of sp³-hybridized carbons (Fsp3) is 0.167. The molecule has 0 aliphatic carbocycles. The zero-order valence-corrected chi connectivity index (χ0v) is 18.7. The van der Waals surface area contributed by atoms with Gasteiger partial charge in [0.1, 0.15) is 18.9 Å². The monoisotopic (exact) mass is 459 g/mol. The molecule has 4 aromatic rings. The van der Waals surface area contributed by atoms with Gasteiger partial charge in [-0.2, -0.15) is 10.2 Å². The maximum atomic E-state index is 12.2. The van der Waals surface area contributed by atoms with Crippen molar-refractivity contribution in [1.82, 2.24) is 20.2 Å². The van der Waals surface area contributed by atoms with Gasteiger partial charge >= 0.3 is 0 Å². The van der Waals surface area contributed by atoms with Crippen LogP contribution in [-0.4, -0.2) is 40.1 Å². The van der Waals surface area contributed by atoms with Crippen LogP contribution in [0.15, 0.2) is 65.2 Å². The molecule has 0 fully saturated rings. The molecule has 0 bridgehead atoms. The highest BCUT2D eigenvalue weighted by atomic mass is 32.1. The van der Waals surface area contributed by atoms with Crippen LogP contribution in [0.5, 0.6) is 11.5 Å². The third-order valence-corrected chi connectivity index (χ3v) is 5.80. The molecule has 0 saturated carbocycles. The number of aromatic nitrogens is 3. The van der Waals surface area contributed by atoms with Gasteiger partial charge in [0.15, 0.2) is 11.5 Å². The molecular weight excluding hydrogens is 438 g/mol. The second-order valence-electron chi connectivity index (χ2n) is 7.40. The van der Waals surface area contributed by atoms with E-state index >= 15 is 0 Å². The number of hydrogen-bond acceptors (Lipinski definition) is 7. The van der Waals surface area contributed by atoms with E-state index in [1.165, 1.54) is 11.3 Å². The molecule has 3 heterocycles. The predicted molar refractivity (Wildman–Crippen MR) is 126 cm³/mol. The van der Waals surface area contributed by atoms with E-state index in [2.05, 4.69) is 15.5 Å². The number of nitrogens with zero attached hydrogens (tertiary/aromatic N) is 4. The number of ether oxygens (including phenoxy) is 2. The summed E-state index contributed by atoms with van der Waals surface area (Å²) in [5, 5.41) is 11.7. The molecule has 1 N–H and O–H groups in total. The van der Waals surface area contributed by atoms with Gasteiger partial charge in [0.05, 0.1) is 29.0 Å². The van der Waals surface area contributed by atoms with Gasteiger partial charge in [0.2, 0.25) is 5.91 Å².